The SMILES string of the molecule is CCC(C)(F)F.CCC(C)c1nn(C(C)(C)C)c(NC)c1C.O=CO[C@H]1CC[C@@H](F)C1. The Labute approximate surface area is 186 Å². The Bertz CT molecular complexity index is 652. The van der Waals surface area contributed by atoms with E-state index in [1.165, 1.54) is 18.2 Å². The molecule has 3 atom stereocenters. The second kappa shape index (κ2) is 13.0. The number of aromatic nitrogens is 2. The van der Waals surface area contributed by atoms with E-state index in [0.717, 1.165) is 19.2 Å². The molecule has 0 aliphatic heterocycles. The van der Waals surface area contributed by atoms with E-state index in [2.05, 4.69) is 56.3 Å². The quantitative estimate of drug-likeness (QED) is 0.497. The first-order valence-corrected chi connectivity index (χ1v) is 11.1. The van der Waals surface area contributed by atoms with Crippen molar-refractivity contribution in [2.45, 2.75) is 117 Å². The maximum Gasteiger partial charge on any atom is 0.293 e. The number of carbonyl (C=O) groups excluding carboxylic acids is 1. The van der Waals surface area contributed by atoms with Crippen molar-refractivity contribution in [1.29, 1.82) is 0 Å². The van der Waals surface area contributed by atoms with Gasteiger partial charge in [0.1, 0.15) is 18.1 Å². The number of rotatable bonds is 6. The summed E-state index contributed by atoms with van der Waals surface area (Å²) in [6.07, 6.45) is 1.77. The molecule has 1 fully saturated rings. The molecule has 5 nitrogen and oxygen atoms in total. The third-order valence-electron chi connectivity index (χ3n) is 5.30. The molecule has 1 aliphatic rings. The smallest absolute Gasteiger partial charge is 0.293 e. The number of anilines is 1. The van der Waals surface area contributed by atoms with E-state index in [9.17, 15) is 18.0 Å². The molecular formula is C23H42F3N3O2. The lowest BCUT2D eigenvalue weighted by molar-refractivity contribution is -0.133. The molecule has 31 heavy (non-hydrogen) atoms. The van der Waals surface area contributed by atoms with Gasteiger partial charge in [-0.2, -0.15) is 5.10 Å². The summed E-state index contributed by atoms with van der Waals surface area (Å²) in [7, 11) is 1.96. The Morgan fingerprint density at radius 3 is 2.10 bits per heavy atom. The van der Waals surface area contributed by atoms with Crippen LogP contribution in [-0.2, 0) is 15.1 Å². The second-order valence-corrected chi connectivity index (χ2v) is 9.19. The zero-order chi connectivity index (χ0) is 24.4. The zero-order valence-corrected chi connectivity index (χ0v) is 20.7. The van der Waals surface area contributed by atoms with Crippen molar-refractivity contribution >= 4 is 12.3 Å². The standard InChI is InChI=1S/C13H25N3.C6H9FO2.C4H8F2/c1-8-9(2)11-10(3)12(14-7)16(15-11)13(4,5)6;7-5-1-2-6(3-5)9-4-8;1-3-4(2,5)6/h9,14H,8H2,1-7H3;4-6H,1-3H2;3H2,1-2H3/t;5-,6+;/m.1./s1. The van der Waals surface area contributed by atoms with Gasteiger partial charge in [0.2, 0.25) is 5.92 Å². The lowest BCUT2D eigenvalue weighted by Crippen LogP contribution is -2.25. The number of alkyl halides is 3. The summed E-state index contributed by atoms with van der Waals surface area (Å²) in [6.45, 7) is 15.9. The van der Waals surface area contributed by atoms with Crippen LogP contribution in [-0.4, -0.2) is 41.5 Å². The van der Waals surface area contributed by atoms with Crippen LogP contribution in [0.4, 0.5) is 19.0 Å². The van der Waals surface area contributed by atoms with E-state index in [1.807, 2.05) is 7.05 Å². The van der Waals surface area contributed by atoms with Crippen LogP contribution in [0.3, 0.4) is 0 Å². The van der Waals surface area contributed by atoms with Gasteiger partial charge in [-0.3, -0.25) is 4.79 Å². The molecule has 1 aromatic heterocycles. The minimum atomic E-state index is -2.46. The first-order chi connectivity index (χ1) is 14.2. The fraction of sp³-hybridized carbons (Fsp3) is 0.826. The van der Waals surface area contributed by atoms with Crippen molar-refractivity contribution in [1.82, 2.24) is 9.78 Å². The van der Waals surface area contributed by atoms with Crippen LogP contribution in [0.5, 0.6) is 0 Å². The Morgan fingerprint density at radius 1 is 1.26 bits per heavy atom. The van der Waals surface area contributed by atoms with Gasteiger partial charge < -0.3 is 10.1 Å². The highest BCUT2D eigenvalue weighted by molar-refractivity contribution is 5.48. The van der Waals surface area contributed by atoms with Gasteiger partial charge in [0.15, 0.2) is 0 Å². The second-order valence-electron chi connectivity index (χ2n) is 9.19. The van der Waals surface area contributed by atoms with Crippen molar-refractivity contribution in [2.24, 2.45) is 0 Å². The zero-order valence-electron chi connectivity index (χ0n) is 20.7. The van der Waals surface area contributed by atoms with Gasteiger partial charge in [-0.05, 0) is 53.9 Å². The van der Waals surface area contributed by atoms with Crippen molar-refractivity contribution in [3.63, 3.8) is 0 Å². The molecule has 1 saturated carbocycles. The van der Waals surface area contributed by atoms with Crippen molar-refractivity contribution in [3.8, 4) is 0 Å². The minimum absolute atomic E-state index is 0.0226. The molecule has 0 radical (unpaired) electrons. The van der Waals surface area contributed by atoms with E-state index in [0.29, 0.717) is 31.7 Å². The molecular weight excluding hydrogens is 407 g/mol. The van der Waals surface area contributed by atoms with Gasteiger partial charge in [-0.1, -0.05) is 20.8 Å². The van der Waals surface area contributed by atoms with Crippen LogP contribution in [0, 0.1) is 6.92 Å². The highest BCUT2D eigenvalue weighted by Crippen LogP contribution is 2.30. The van der Waals surface area contributed by atoms with Crippen molar-refractivity contribution in [3.05, 3.63) is 11.3 Å². The van der Waals surface area contributed by atoms with E-state index in [4.69, 9.17) is 5.10 Å². The number of hydrogen-bond acceptors (Lipinski definition) is 4. The Hall–Kier alpha value is -1.73. The van der Waals surface area contributed by atoms with E-state index in [1.54, 1.807) is 0 Å². The van der Waals surface area contributed by atoms with Crippen molar-refractivity contribution < 1.29 is 22.7 Å². The molecule has 0 bridgehead atoms. The predicted octanol–water partition coefficient (Wildman–Crippen LogP) is 6.60. The molecule has 8 heteroatoms. The fourth-order valence-electron chi connectivity index (χ4n) is 3.04. The molecule has 0 saturated heterocycles. The maximum absolute atomic E-state index is 12.3. The predicted molar refractivity (Wildman–Crippen MR) is 121 cm³/mol. The molecule has 2 rings (SSSR count). The maximum atomic E-state index is 12.3. The normalized spacial score (nSPS) is 19.5. The average molecular weight is 450 g/mol. The van der Waals surface area contributed by atoms with E-state index >= 15 is 0 Å². The molecule has 182 valence electrons. The molecule has 0 aromatic carbocycles. The van der Waals surface area contributed by atoms with Crippen LogP contribution >= 0.6 is 0 Å². The van der Waals surface area contributed by atoms with Gasteiger partial charge >= 0.3 is 0 Å². The minimum Gasteiger partial charge on any atom is -0.464 e. The Kier molecular flexibility index (Phi) is 12.2. The summed E-state index contributed by atoms with van der Waals surface area (Å²) in [4.78, 5) is 9.72. The summed E-state index contributed by atoms with van der Waals surface area (Å²) < 4.78 is 41.9. The van der Waals surface area contributed by atoms with Crippen LogP contribution in [0.25, 0.3) is 0 Å². The topological polar surface area (TPSA) is 56.2 Å². The van der Waals surface area contributed by atoms with E-state index in [-0.39, 0.29) is 18.1 Å². The van der Waals surface area contributed by atoms with Gasteiger partial charge in [-0.25, -0.2) is 17.9 Å². The lowest BCUT2D eigenvalue weighted by Gasteiger charge is -2.22. The molecule has 1 heterocycles. The number of halogens is 3. The summed E-state index contributed by atoms with van der Waals surface area (Å²) >= 11 is 0. The third kappa shape index (κ3) is 10.4. The monoisotopic (exact) mass is 449 g/mol. The Balaban J connectivity index is 0.000000503. The molecule has 0 amide bonds. The van der Waals surface area contributed by atoms with Crippen LogP contribution in [0.2, 0.25) is 0 Å². The lowest BCUT2D eigenvalue weighted by atomic mass is 10.0. The first kappa shape index (κ1) is 29.3. The van der Waals surface area contributed by atoms with Gasteiger partial charge in [0, 0.05) is 31.4 Å². The largest absolute Gasteiger partial charge is 0.464 e. The highest BCUT2D eigenvalue weighted by atomic mass is 19.3. The van der Waals surface area contributed by atoms with Gasteiger partial charge in [0.25, 0.3) is 6.47 Å². The third-order valence-corrected chi connectivity index (χ3v) is 5.30. The van der Waals surface area contributed by atoms with Gasteiger partial charge in [-0.15, -0.1) is 0 Å². The molecule has 1 aromatic rings. The van der Waals surface area contributed by atoms with E-state index < -0.39 is 12.1 Å². The van der Waals surface area contributed by atoms with Crippen LogP contribution in [0.1, 0.15) is 97.7 Å². The molecule has 1 unspecified atom stereocenters. The van der Waals surface area contributed by atoms with Gasteiger partial charge in [0.05, 0.1) is 11.2 Å². The van der Waals surface area contributed by atoms with Crippen molar-refractivity contribution in [2.75, 3.05) is 12.4 Å². The summed E-state index contributed by atoms with van der Waals surface area (Å²) in [5.41, 5.74) is 2.53. The number of nitrogens with zero attached hydrogens (tertiary/aromatic N) is 2. The molecule has 0 spiro atoms. The first-order valence-electron chi connectivity index (χ1n) is 11.1. The Morgan fingerprint density at radius 2 is 1.81 bits per heavy atom. The van der Waals surface area contributed by atoms with Crippen LogP contribution in [0.15, 0.2) is 0 Å². The summed E-state index contributed by atoms with van der Waals surface area (Å²) in [6, 6.07) is 0. The number of ether oxygens (including phenoxy) is 1. The summed E-state index contributed by atoms with van der Waals surface area (Å²) in [5.74, 6) is -0.793. The van der Waals surface area contributed by atoms with Crippen LogP contribution < -0.4 is 5.32 Å². The highest BCUT2D eigenvalue weighted by Gasteiger charge is 2.25. The number of nitrogens with one attached hydrogen (secondary N) is 1. The molecule has 1 aliphatic carbocycles. The molecule has 1 N–H and O–H groups in total. The fourth-order valence-corrected chi connectivity index (χ4v) is 3.04. The summed E-state index contributed by atoms with van der Waals surface area (Å²) in [5, 5.41) is 8.05. The number of carbonyl (C=O) groups is 1. The number of hydrogen-bond donors (Lipinski definition) is 1. The average Bonchev–Trinajstić information content (AvgIpc) is 3.24.